The van der Waals surface area contributed by atoms with Crippen molar-refractivity contribution in [2.75, 3.05) is 6.61 Å². The van der Waals surface area contributed by atoms with Gasteiger partial charge in [-0.1, -0.05) is 11.6 Å². The van der Waals surface area contributed by atoms with Gasteiger partial charge >= 0.3 is 11.7 Å². The summed E-state index contributed by atoms with van der Waals surface area (Å²) < 4.78 is 5.91. The van der Waals surface area contributed by atoms with Crippen LogP contribution in [-0.4, -0.2) is 32.3 Å². The molecule has 9 heteroatoms. The summed E-state index contributed by atoms with van der Waals surface area (Å²) in [5.74, 6) is -0.638. The molecule has 0 saturated heterocycles. The van der Waals surface area contributed by atoms with Gasteiger partial charge in [-0.2, -0.15) is 5.10 Å². The lowest BCUT2D eigenvalue weighted by Gasteiger charge is -2.02. The van der Waals surface area contributed by atoms with Gasteiger partial charge in [0, 0.05) is 12.3 Å². The zero-order valence-corrected chi connectivity index (χ0v) is 11.1. The number of halogens is 1. The Hall–Kier alpha value is -2.48. The number of esters is 1. The minimum Gasteiger partial charge on any atom is -0.462 e. The fourth-order valence-corrected chi connectivity index (χ4v) is 1.63. The predicted octanol–water partition coefficient (Wildman–Crippen LogP) is 2.01. The van der Waals surface area contributed by atoms with Crippen molar-refractivity contribution in [1.29, 1.82) is 0 Å². The molecular formula is C11H9ClN4O4. The highest BCUT2D eigenvalue weighted by Crippen LogP contribution is 2.22. The third kappa shape index (κ3) is 2.75. The molecule has 0 spiro atoms. The van der Waals surface area contributed by atoms with Crippen LogP contribution in [-0.2, 0) is 4.74 Å². The second kappa shape index (κ2) is 5.66. The summed E-state index contributed by atoms with van der Waals surface area (Å²) in [7, 11) is 0. The number of aromatic nitrogens is 3. The Bertz CT molecular complexity index is 670. The summed E-state index contributed by atoms with van der Waals surface area (Å²) in [5.41, 5.74) is -0.101. The van der Waals surface area contributed by atoms with E-state index in [1.165, 1.54) is 24.5 Å². The van der Waals surface area contributed by atoms with Gasteiger partial charge in [0.1, 0.15) is 5.15 Å². The molecule has 0 bridgehead atoms. The number of nitrogens with zero attached hydrogens (tertiary/aromatic N) is 4. The van der Waals surface area contributed by atoms with Crippen LogP contribution in [0.5, 0.6) is 0 Å². The first-order valence-corrected chi connectivity index (χ1v) is 5.93. The van der Waals surface area contributed by atoms with Gasteiger partial charge in [0.05, 0.1) is 23.3 Å². The lowest BCUT2D eigenvalue weighted by atomic mass is 10.3. The van der Waals surface area contributed by atoms with Crippen molar-refractivity contribution in [3.8, 4) is 5.82 Å². The molecule has 104 valence electrons. The number of rotatable bonds is 4. The van der Waals surface area contributed by atoms with Crippen molar-refractivity contribution in [1.82, 2.24) is 14.8 Å². The zero-order valence-electron chi connectivity index (χ0n) is 10.3. The summed E-state index contributed by atoms with van der Waals surface area (Å²) in [6.45, 7) is 1.89. The third-order valence-corrected chi connectivity index (χ3v) is 2.54. The third-order valence-electron chi connectivity index (χ3n) is 2.33. The lowest BCUT2D eigenvalue weighted by Crippen LogP contribution is -2.05. The van der Waals surface area contributed by atoms with Gasteiger partial charge in [0.15, 0.2) is 0 Å². The van der Waals surface area contributed by atoms with Crippen LogP contribution in [0.4, 0.5) is 5.69 Å². The summed E-state index contributed by atoms with van der Waals surface area (Å²) in [4.78, 5) is 25.7. The van der Waals surface area contributed by atoms with Crippen LogP contribution in [0, 0.1) is 10.1 Å². The molecule has 2 rings (SSSR count). The van der Waals surface area contributed by atoms with Gasteiger partial charge in [0.25, 0.3) is 0 Å². The Morgan fingerprint density at radius 3 is 2.95 bits per heavy atom. The van der Waals surface area contributed by atoms with Crippen molar-refractivity contribution in [2.45, 2.75) is 6.92 Å². The SMILES string of the molecule is CCOC(=O)c1cnn(-c2nc(Cl)ccc2[N+](=O)[O-])c1. The zero-order chi connectivity index (χ0) is 14.7. The Morgan fingerprint density at radius 1 is 1.55 bits per heavy atom. The molecule has 8 nitrogen and oxygen atoms in total. The first-order chi connectivity index (χ1) is 9.52. The second-order valence-electron chi connectivity index (χ2n) is 3.63. The summed E-state index contributed by atoms with van der Waals surface area (Å²) >= 11 is 5.72. The average molecular weight is 297 g/mol. The molecule has 0 aliphatic rings. The van der Waals surface area contributed by atoms with E-state index in [1.54, 1.807) is 6.92 Å². The quantitative estimate of drug-likeness (QED) is 0.370. The topological polar surface area (TPSA) is 100 Å². The molecule has 0 aromatic carbocycles. The summed E-state index contributed by atoms with van der Waals surface area (Å²) in [6.07, 6.45) is 2.54. The minimum absolute atomic E-state index is 0.0713. The molecule has 0 radical (unpaired) electrons. The Labute approximate surface area is 118 Å². The molecule has 0 saturated carbocycles. The van der Waals surface area contributed by atoms with Crippen LogP contribution < -0.4 is 0 Å². The van der Waals surface area contributed by atoms with Gasteiger partial charge < -0.3 is 4.74 Å². The highest BCUT2D eigenvalue weighted by molar-refractivity contribution is 6.29. The number of nitro groups is 1. The molecule has 0 fully saturated rings. The van der Waals surface area contributed by atoms with Crippen molar-refractivity contribution in [3.05, 3.63) is 45.4 Å². The number of hydrogen-bond acceptors (Lipinski definition) is 6. The van der Waals surface area contributed by atoms with Crippen molar-refractivity contribution in [2.24, 2.45) is 0 Å². The number of pyridine rings is 1. The molecule has 0 unspecified atom stereocenters. The van der Waals surface area contributed by atoms with E-state index in [2.05, 4.69) is 10.1 Å². The van der Waals surface area contributed by atoms with Gasteiger partial charge in [-0.05, 0) is 13.0 Å². The van der Waals surface area contributed by atoms with E-state index in [1.807, 2.05) is 0 Å². The molecule has 2 aromatic rings. The van der Waals surface area contributed by atoms with Crippen molar-refractivity contribution >= 4 is 23.3 Å². The molecular weight excluding hydrogens is 288 g/mol. The van der Waals surface area contributed by atoms with E-state index in [9.17, 15) is 14.9 Å². The second-order valence-corrected chi connectivity index (χ2v) is 4.02. The molecule has 2 aromatic heterocycles. The molecule has 2 heterocycles. The maximum Gasteiger partial charge on any atom is 0.341 e. The highest BCUT2D eigenvalue weighted by atomic mass is 35.5. The first-order valence-electron chi connectivity index (χ1n) is 5.56. The normalized spacial score (nSPS) is 10.3. The van der Waals surface area contributed by atoms with Crippen LogP contribution in [0.15, 0.2) is 24.5 Å². The van der Waals surface area contributed by atoms with E-state index in [0.29, 0.717) is 0 Å². The standard InChI is InChI=1S/C11H9ClN4O4/c1-2-20-11(17)7-5-13-15(6-7)10-8(16(18)19)3-4-9(12)14-10/h3-6H,2H2,1H3. The van der Waals surface area contributed by atoms with Crippen molar-refractivity contribution < 1.29 is 14.5 Å². The maximum absolute atomic E-state index is 11.5. The molecule has 0 N–H and O–H groups in total. The molecule has 20 heavy (non-hydrogen) atoms. The van der Waals surface area contributed by atoms with E-state index in [-0.39, 0.29) is 28.8 Å². The number of carbonyl (C=O) groups excluding carboxylic acids is 1. The fraction of sp³-hybridized carbons (Fsp3) is 0.182. The Morgan fingerprint density at radius 2 is 2.30 bits per heavy atom. The molecule has 0 aliphatic heterocycles. The highest BCUT2D eigenvalue weighted by Gasteiger charge is 2.20. The lowest BCUT2D eigenvalue weighted by molar-refractivity contribution is -0.384. The van der Waals surface area contributed by atoms with E-state index >= 15 is 0 Å². The fourth-order valence-electron chi connectivity index (χ4n) is 1.49. The average Bonchev–Trinajstić information content (AvgIpc) is 2.88. The monoisotopic (exact) mass is 296 g/mol. The predicted molar refractivity (Wildman–Crippen MR) is 69.0 cm³/mol. The number of hydrogen-bond donors (Lipinski definition) is 0. The Balaban J connectivity index is 2.44. The Kier molecular flexibility index (Phi) is 3.94. The van der Waals surface area contributed by atoms with Crippen LogP contribution in [0.2, 0.25) is 5.15 Å². The maximum atomic E-state index is 11.5. The van der Waals surface area contributed by atoms with Gasteiger partial charge in [-0.25, -0.2) is 14.5 Å². The van der Waals surface area contributed by atoms with Crippen LogP contribution in [0.3, 0.4) is 0 Å². The van der Waals surface area contributed by atoms with Crippen molar-refractivity contribution in [3.63, 3.8) is 0 Å². The summed E-state index contributed by atoms with van der Waals surface area (Å²) in [6, 6.07) is 2.52. The largest absolute Gasteiger partial charge is 0.462 e. The van der Waals surface area contributed by atoms with Crippen LogP contribution >= 0.6 is 11.6 Å². The van der Waals surface area contributed by atoms with Gasteiger partial charge in [-0.15, -0.1) is 0 Å². The molecule has 0 atom stereocenters. The van der Waals surface area contributed by atoms with E-state index < -0.39 is 10.9 Å². The first kappa shape index (κ1) is 13.9. The van der Waals surface area contributed by atoms with Crippen LogP contribution in [0.1, 0.15) is 17.3 Å². The molecule has 0 amide bonds. The minimum atomic E-state index is -0.607. The smallest absolute Gasteiger partial charge is 0.341 e. The molecule has 0 aliphatic carbocycles. The van der Waals surface area contributed by atoms with E-state index in [4.69, 9.17) is 16.3 Å². The van der Waals surface area contributed by atoms with Gasteiger partial charge in [0.2, 0.25) is 5.82 Å². The number of ether oxygens (including phenoxy) is 1. The van der Waals surface area contributed by atoms with Crippen LogP contribution in [0.25, 0.3) is 5.82 Å². The van der Waals surface area contributed by atoms with Gasteiger partial charge in [-0.3, -0.25) is 10.1 Å². The summed E-state index contributed by atoms with van der Waals surface area (Å²) in [5, 5.41) is 14.9. The number of carbonyl (C=O) groups is 1. The van der Waals surface area contributed by atoms with E-state index in [0.717, 1.165) is 4.68 Å².